The van der Waals surface area contributed by atoms with Gasteiger partial charge in [-0.25, -0.2) is 9.42 Å². The summed E-state index contributed by atoms with van der Waals surface area (Å²) in [5.41, 5.74) is 7.62. The Bertz CT molecular complexity index is 840. The molecule has 2 heterocycles. The van der Waals surface area contributed by atoms with Gasteiger partial charge >= 0.3 is 6.03 Å². The first-order valence-electron chi connectivity index (χ1n) is 9.29. The lowest BCUT2D eigenvalue weighted by Crippen LogP contribution is -2.39. The number of rotatable bonds is 2. The second-order valence-electron chi connectivity index (χ2n) is 7.89. The van der Waals surface area contributed by atoms with E-state index in [9.17, 15) is 9.59 Å². The molecule has 0 atom stereocenters. The van der Waals surface area contributed by atoms with Crippen molar-refractivity contribution in [2.24, 2.45) is 0 Å². The zero-order chi connectivity index (χ0) is 20.3. The van der Waals surface area contributed by atoms with E-state index in [2.05, 4.69) is 41.0 Å². The third kappa shape index (κ3) is 4.41. The Morgan fingerprint density at radius 2 is 1.68 bits per heavy atom. The summed E-state index contributed by atoms with van der Waals surface area (Å²) in [6.45, 7) is 8.32. The van der Waals surface area contributed by atoms with E-state index in [1.54, 1.807) is 9.80 Å². The van der Waals surface area contributed by atoms with Crippen LogP contribution in [0.15, 0.2) is 28.9 Å². The van der Waals surface area contributed by atoms with Gasteiger partial charge < -0.3 is 20.9 Å². The number of carbonyl (C=O) groups excluding carboxylic acids is 2. The lowest BCUT2D eigenvalue weighted by atomic mass is 9.87. The SMILES string of the molecule is CC(C)(C)c1ccc(NC(=O)N2CCCN(C(=O)c3nonc3N)CC2)cc1. The molecular formula is C19H26N6O3. The van der Waals surface area contributed by atoms with E-state index in [1.165, 1.54) is 5.56 Å². The Labute approximate surface area is 163 Å². The Morgan fingerprint density at radius 1 is 1.04 bits per heavy atom. The molecule has 1 aliphatic rings. The van der Waals surface area contributed by atoms with Gasteiger partial charge in [0.2, 0.25) is 11.5 Å². The minimum absolute atomic E-state index is 0.0110. The van der Waals surface area contributed by atoms with E-state index in [4.69, 9.17) is 5.73 Å². The summed E-state index contributed by atoms with van der Waals surface area (Å²) in [5, 5.41) is 9.92. The number of nitrogens with one attached hydrogen (secondary N) is 1. The molecule has 1 aliphatic heterocycles. The van der Waals surface area contributed by atoms with Crippen LogP contribution < -0.4 is 11.1 Å². The first-order chi connectivity index (χ1) is 13.3. The van der Waals surface area contributed by atoms with Crippen molar-refractivity contribution >= 4 is 23.4 Å². The average Bonchev–Trinajstić information content (AvgIpc) is 2.92. The van der Waals surface area contributed by atoms with Crippen LogP contribution in [0.25, 0.3) is 0 Å². The fourth-order valence-corrected chi connectivity index (χ4v) is 3.07. The van der Waals surface area contributed by atoms with Gasteiger partial charge in [0.05, 0.1) is 0 Å². The minimum Gasteiger partial charge on any atom is -0.379 e. The van der Waals surface area contributed by atoms with Gasteiger partial charge in [0.15, 0.2) is 0 Å². The van der Waals surface area contributed by atoms with Crippen molar-refractivity contribution in [2.75, 3.05) is 37.2 Å². The summed E-state index contributed by atoms with van der Waals surface area (Å²) >= 11 is 0. The molecule has 3 amide bonds. The van der Waals surface area contributed by atoms with Crippen LogP contribution in [-0.2, 0) is 5.41 Å². The van der Waals surface area contributed by atoms with Gasteiger partial charge in [0.1, 0.15) is 0 Å². The molecule has 0 aliphatic carbocycles. The second kappa shape index (κ2) is 7.87. The van der Waals surface area contributed by atoms with Crippen molar-refractivity contribution in [3.05, 3.63) is 35.5 Å². The molecule has 3 N–H and O–H groups in total. The maximum atomic E-state index is 12.6. The van der Waals surface area contributed by atoms with Crippen LogP contribution in [0.2, 0.25) is 0 Å². The van der Waals surface area contributed by atoms with E-state index < -0.39 is 0 Å². The molecule has 1 saturated heterocycles. The largest absolute Gasteiger partial charge is 0.379 e. The first kappa shape index (κ1) is 19.7. The molecule has 0 saturated carbocycles. The summed E-state index contributed by atoms with van der Waals surface area (Å²) in [5.74, 6) is -0.360. The maximum Gasteiger partial charge on any atom is 0.321 e. The van der Waals surface area contributed by atoms with Crippen molar-refractivity contribution in [3.8, 4) is 0 Å². The Morgan fingerprint density at radius 3 is 2.29 bits per heavy atom. The van der Waals surface area contributed by atoms with Crippen LogP contribution in [0, 0.1) is 0 Å². The van der Waals surface area contributed by atoms with Crippen molar-refractivity contribution in [1.29, 1.82) is 0 Å². The molecule has 1 aromatic carbocycles. The molecule has 9 heteroatoms. The summed E-state index contributed by atoms with van der Waals surface area (Å²) < 4.78 is 4.50. The number of nitrogen functional groups attached to an aromatic ring is 1. The first-order valence-corrected chi connectivity index (χ1v) is 9.29. The van der Waals surface area contributed by atoms with E-state index in [0.717, 1.165) is 5.69 Å². The summed E-state index contributed by atoms with van der Waals surface area (Å²) in [6, 6.07) is 7.68. The molecule has 2 aromatic rings. The predicted octanol–water partition coefficient (Wildman–Crippen LogP) is 2.33. The van der Waals surface area contributed by atoms with E-state index in [0.29, 0.717) is 32.6 Å². The highest BCUT2D eigenvalue weighted by atomic mass is 16.6. The Kier molecular flexibility index (Phi) is 5.53. The number of hydrogen-bond acceptors (Lipinski definition) is 6. The molecular weight excluding hydrogens is 360 g/mol. The van der Waals surface area contributed by atoms with Crippen LogP contribution in [0.4, 0.5) is 16.3 Å². The highest BCUT2D eigenvalue weighted by molar-refractivity contribution is 5.96. The van der Waals surface area contributed by atoms with Gasteiger partial charge in [0, 0.05) is 31.9 Å². The number of amides is 3. The predicted molar refractivity (Wildman–Crippen MR) is 105 cm³/mol. The molecule has 9 nitrogen and oxygen atoms in total. The Balaban J connectivity index is 1.58. The van der Waals surface area contributed by atoms with Crippen molar-refractivity contribution in [2.45, 2.75) is 32.6 Å². The quantitative estimate of drug-likeness (QED) is 0.818. The molecule has 0 radical (unpaired) electrons. The highest BCUT2D eigenvalue weighted by Crippen LogP contribution is 2.23. The molecule has 1 fully saturated rings. The fraction of sp³-hybridized carbons (Fsp3) is 0.474. The summed E-state index contributed by atoms with van der Waals surface area (Å²) in [7, 11) is 0. The number of nitrogens with zero attached hydrogens (tertiary/aromatic N) is 4. The lowest BCUT2D eigenvalue weighted by molar-refractivity contribution is 0.0752. The molecule has 3 rings (SSSR count). The van der Waals surface area contributed by atoms with Gasteiger partial charge in [-0.15, -0.1) is 0 Å². The molecule has 0 bridgehead atoms. The van der Waals surface area contributed by atoms with Crippen molar-refractivity contribution in [3.63, 3.8) is 0 Å². The zero-order valence-electron chi connectivity index (χ0n) is 16.4. The van der Waals surface area contributed by atoms with Crippen LogP contribution >= 0.6 is 0 Å². The van der Waals surface area contributed by atoms with E-state index >= 15 is 0 Å². The summed E-state index contributed by atoms with van der Waals surface area (Å²) in [6.07, 6.45) is 0.660. The number of urea groups is 1. The second-order valence-corrected chi connectivity index (χ2v) is 7.89. The molecule has 150 valence electrons. The zero-order valence-corrected chi connectivity index (χ0v) is 16.4. The number of carbonyl (C=O) groups is 2. The average molecular weight is 386 g/mol. The standard InChI is InChI=1S/C19H26N6O3/c1-19(2,3)13-5-7-14(8-6-13)21-18(27)25-10-4-9-24(11-12-25)17(26)15-16(20)23-28-22-15/h5-8H,4,9-12H2,1-3H3,(H2,20,23)(H,21,27). The van der Waals surface area contributed by atoms with Crippen LogP contribution in [-0.4, -0.2) is 58.2 Å². The van der Waals surface area contributed by atoms with E-state index in [1.807, 2.05) is 24.3 Å². The number of benzene rings is 1. The molecule has 0 unspecified atom stereocenters. The third-order valence-electron chi connectivity index (χ3n) is 4.79. The lowest BCUT2D eigenvalue weighted by Gasteiger charge is -2.23. The van der Waals surface area contributed by atoms with Gasteiger partial charge in [-0.1, -0.05) is 32.9 Å². The molecule has 28 heavy (non-hydrogen) atoms. The number of nitrogens with two attached hydrogens (primary N) is 1. The Hall–Kier alpha value is -3.10. The van der Waals surface area contributed by atoms with Gasteiger partial charge in [-0.2, -0.15) is 0 Å². The minimum atomic E-state index is -0.334. The summed E-state index contributed by atoms with van der Waals surface area (Å²) in [4.78, 5) is 28.4. The van der Waals surface area contributed by atoms with Crippen LogP contribution in [0.3, 0.4) is 0 Å². The van der Waals surface area contributed by atoms with Gasteiger partial charge in [0.25, 0.3) is 5.91 Å². The monoisotopic (exact) mass is 386 g/mol. The fourth-order valence-electron chi connectivity index (χ4n) is 3.07. The van der Waals surface area contributed by atoms with Crippen LogP contribution in [0.1, 0.15) is 43.2 Å². The molecule has 1 aromatic heterocycles. The normalized spacial score (nSPS) is 15.2. The number of hydrogen-bond donors (Lipinski definition) is 2. The van der Waals surface area contributed by atoms with Crippen LogP contribution in [0.5, 0.6) is 0 Å². The topological polar surface area (TPSA) is 118 Å². The third-order valence-corrected chi connectivity index (χ3v) is 4.79. The van der Waals surface area contributed by atoms with Crippen molar-refractivity contribution < 1.29 is 14.2 Å². The van der Waals surface area contributed by atoms with Gasteiger partial charge in [-0.3, -0.25) is 4.79 Å². The number of aromatic nitrogens is 2. The number of anilines is 2. The van der Waals surface area contributed by atoms with Crippen molar-refractivity contribution in [1.82, 2.24) is 20.1 Å². The smallest absolute Gasteiger partial charge is 0.321 e. The van der Waals surface area contributed by atoms with Gasteiger partial charge in [-0.05, 0) is 39.8 Å². The van der Waals surface area contributed by atoms with E-state index in [-0.39, 0.29) is 28.9 Å². The maximum absolute atomic E-state index is 12.6. The molecule has 0 spiro atoms. The highest BCUT2D eigenvalue weighted by Gasteiger charge is 2.26.